The number of fused-ring (bicyclic) bond motifs is 1. The van der Waals surface area contributed by atoms with Gasteiger partial charge in [0.2, 0.25) is 0 Å². The van der Waals surface area contributed by atoms with Gasteiger partial charge in [0.05, 0.1) is 6.61 Å². The second kappa shape index (κ2) is 3.72. The van der Waals surface area contributed by atoms with E-state index in [0.717, 1.165) is 28.9 Å². The van der Waals surface area contributed by atoms with Crippen LogP contribution in [0.5, 0.6) is 0 Å². The molecule has 2 rings (SSSR count). The highest BCUT2D eigenvalue weighted by Crippen LogP contribution is 2.21. The lowest BCUT2D eigenvalue weighted by Gasteiger charge is -1.95. The Morgan fingerprint density at radius 2 is 2.29 bits per heavy atom. The minimum Gasteiger partial charge on any atom is -0.398 e. The number of ether oxygens (including phenoxy) is 1. The molecule has 0 saturated heterocycles. The van der Waals surface area contributed by atoms with Crippen LogP contribution in [0.3, 0.4) is 0 Å². The standard InChI is InChI=1S/C11H14N2O/c1-2-14-7-8-6-9-10(12)4-3-5-11(9)13-8/h3-6,13H,2,7,12H2,1H3. The molecule has 0 aliphatic carbocycles. The Bertz CT molecular complexity index is 434. The van der Waals surface area contributed by atoms with Gasteiger partial charge in [-0.3, -0.25) is 0 Å². The van der Waals surface area contributed by atoms with Crippen molar-refractivity contribution in [1.82, 2.24) is 4.98 Å². The van der Waals surface area contributed by atoms with E-state index in [0.29, 0.717) is 6.61 Å². The number of benzene rings is 1. The van der Waals surface area contributed by atoms with E-state index in [1.54, 1.807) is 0 Å². The Balaban J connectivity index is 2.36. The van der Waals surface area contributed by atoms with Crippen molar-refractivity contribution in [2.75, 3.05) is 12.3 Å². The van der Waals surface area contributed by atoms with E-state index in [4.69, 9.17) is 10.5 Å². The summed E-state index contributed by atoms with van der Waals surface area (Å²) < 4.78 is 5.32. The molecular weight excluding hydrogens is 176 g/mol. The van der Waals surface area contributed by atoms with Gasteiger partial charge in [0, 0.05) is 28.9 Å². The average Bonchev–Trinajstić information content (AvgIpc) is 2.59. The van der Waals surface area contributed by atoms with Crippen LogP contribution >= 0.6 is 0 Å². The Kier molecular flexibility index (Phi) is 2.41. The summed E-state index contributed by atoms with van der Waals surface area (Å²) in [6.07, 6.45) is 0. The predicted octanol–water partition coefficient (Wildman–Crippen LogP) is 2.29. The van der Waals surface area contributed by atoms with E-state index in [9.17, 15) is 0 Å². The lowest BCUT2D eigenvalue weighted by Crippen LogP contribution is -1.90. The fourth-order valence-electron chi connectivity index (χ4n) is 1.53. The Morgan fingerprint density at radius 1 is 1.43 bits per heavy atom. The number of rotatable bonds is 3. The summed E-state index contributed by atoms with van der Waals surface area (Å²) in [5, 5.41) is 1.07. The number of anilines is 1. The maximum absolute atomic E-state index is 5.84. The summed E-state index contributed by atoms with van der Waals surface area (Å²) in [5.41, 5.74) is 8.78. The molecule has 0 aliphatic heterocycles. The normalized spacial score (nSPS) is 10.9. The lowest BCUT2D eigenvalue weighted by molar-refractivity contribution is 0.132. The van der Waals surface area contributed by atoms with Crippen LogP contribution in [0.15, 0.2) is 24.3 Å². The van der Waals surface area contributed by atoms with Gasteiger partial charge in [-0.25, -0.2) is 0 Å². The second-order valence-corrected chi connectivity index (χ2v) is 3.24. The van der Waals surface area contributed by atoms with Crippen LogP contribution in [0.1, 0.15) is 12.6 Å². The molecule has 0 unspecified atom stereocenters. The van der Waals surface area contributed by atoms with Crippen LogP contribution in [-0.2, 0) is 11.3 Å². The topological polar surface area (TPSA) is 51.0 Å². The summed E-state index contributed by atoms with van der Waals surface area (Å²) >= 11 is 0. The average molecular weight is 190 g/mol. The van der Waals surface area contributed by atoms with E-state index >= 15 is 0 Å². The van der Waals surface area contributed by atoms with Gasteiger partial charge in [-0.05, 0) is 25.1 Å². The van der Waals surface area contributed by atoms with Gasteiger partial charge in [0.15, 0.2) is 0 Å². The lowest BCUT2D eigenvalue weighted by atomic mass is 10.2. The zero-order valence-corrected chi connectivity index (χ0v) is 8.21. The Morgan fingerprint density at radius 3 is 3.00 bits per heavy atom. The molecule has 0 spiro atoms. The third kappa shape index (κ3) is 1.59. The van der Waals surface area contributed by atoms with Crippen molar-refractivity contribution in [3.8, 4) is 0 Å². The van der Waals surface area contributed by atoms with Crippen LogP contribution in [-0.4, -0.2) is 11.6 Å². The van der Waals surface area contributed by atoms with Crippen LogP contribution < -0.4 is 5.73 Å². The molecule has 1 aromatic carbocycles. The van der Waals surface area contributed by atoms with Crippen molar-refractivity contribution in [2.45, 2.75) is 13.5 Å². The molecule has 1 aromatic heterocycles. The van der Waals surface area contributed by atoms with Gasteiger partial charge in [0.25, 0.3) is 0 Å². The molecule has 0 amide bonds. The van der Waals surface area contributed by atoms with Gasteiger partial charge in [0.1, 0.15) is 0 Å². The third-order valence-electron chi connectivity index (χ3n) is 2.22. The number of nitrogen functional groups attached to an aromatic ring is 1. The number of aromatic nitrogens is 1. The highest BCUT2D eigenvalue weighted by atomic mass is 16.5. The maximum Gasteiger partial charge on any atom is 0.0865 e. The highest BCUT2D eigenvalue weighted by Gasteiger charge is 2.02. The van der Waals surface area contributed by atoms with Crippen molar-refractivity contribution >= 4 is 16.6 Å². The van der Waals surface area contributed by atoms with Gasteiger partial charge < -0.3 is 15.5 Å². The van der Waals surface area contributed by atoms with E-state index in [1.165, 1.54) is 0 Å². The number of nitrogens with one attached hydrogen (secondary N) is 1. The van der Waals surface area contributed by atoms with Crippen LogP contribution in [0.2, 0.25) is 0 Å². The first-order valence-electron chi connectivity index (χ1n) is 4.75. The van der Waals surface area contributed by atoms with Crippen molar-refractivity contribution < 1.29 is 4.74 Å². The molecule has 74 valence electrons. The van der Waals surface area contributed by atoms with E-state index in [-0.39, 0.29) is 0 Å². The fraction of sp³-hybridized carbons (Fsp3) is 0.273. The number of hydrogen-bond acceptors (Lipinski definition) is 2. The van der Waals surface area contributed by atoms with Crippen LogP contribution in [0.25, 0.3) is 10.9 Å². The number of aromatic amines is 1. The Hall–Kier alpha value is -1.48. The predicted molar refractivity (Wildman–Crippen MR) is 58.0 cm³/mol. The van der Waals surface area contributed by atoms with Gasteiger partial charge in [-0.2, -0.15) is 0 Å². The van der Waals surface area contributed by atoms with Crippen molar-refractivity contribution in [2.24, 2.45) is 0 Å². The zero-order valence-electron chi connectivity index (χ0n) is 8.21. The molecule has 14 heavy (non-hydrogen) atoms. The third-order valence-corrected chi connectivity index (χ3v) is 2.22. The van der Waals surface area contributed by atoms with Crippen molar-refractivity contribution in [3.63, 3.8) is 0 Å². The smallest absolute Gasteiger partial charge is 0.0865 e. The van der Waals surface area contributed by atoms with E-state index in [1.807, 2.05) is 31.2 Å². The SMILES string of the molecule is CCOCc1cc2c(N)cccc2[nH]1. The Labute approximate surface area is 82.9 Å². The summed E-state index contributed by atoms with van der Waals surface area (Å²) in [5.74, 6) is 0. The van der Waals surface area contributed by atoms with Crippen molar-refractivity contribution in [1.29, 1.82) is 0 Å². The minimum absolute atomic E-state index is 0.616. The van der Waals surface area contributed by atoms with Gasteiger partial charge in [-0.1, -0.05) is 6.07 Å². The molecule has 3 heteroatoms. The first-order valence-corrected chi connectivity index (χ1v) is 4.75. The van der Waals surface area contributed by atoms with E-state index in [2.05, 4.69) is 4.98 Å². The molecule has 3 N–H and O–H groups in total. The summed E-state index contributed by atoms with van der Waals surface area (Å²) in [6.45, 7) is 3.33. The minimum atomic E-state index is 0.616. The molecule has 0 atom stereocenters. The molecule has 0 bridgehead atoms. The van der Waals surface area contributed by atoms with Gasteiger partial charge in [-0.15, -0.1) is 0 Å². The first-order chi connectivity index (χ1) is 6.81. The monoisotopic (exact) mass is 190 g/mol. The van der Waals surface area contributed by atoms with E-state index < -0.39 is 0 Å². The fourth-order valence-corrected chi connectivity index (χ4v) is 1.53. The molecule has 0 aliphatic rings. The second-order valence-electron chi connectivity index (χ2n) is 3.24. The van der Waals surface area contributed by atoms with Gasteiger partial charge >= 0.3 is 0 Å². The molecular formula is C11H14N2O. The molecule has 0 radical (unpaired) electrons. The first kappa shape index (κ1) is 9.09. The number of hydrogen-bond donors (Lipinski definition) is 2. The number of H-pyrrole nitrogens is 1. The highest BCUT2D eigenvalue weighted by molar-refractivity contribution is 5.91. The van der Waals surface area contributed by atoms with Crippen LogP contribution in [0, 0.1) is 0 Å². The molecule has 3 nitrogen and oxygen atoms in total. The molecule has 0 fully saturated rings. The number of nitrogens with two attached hydrogens (primary N) is 1. The quantitative estimate of drug-likeness (QED) is 0.729. The summed E-state index contributed by atoms with van der Waals surface area (Å²) in [6, 6.07) is 7.90. The maximum atomic E-state index is 5.84. The largest absolute Gasteiger partial charge is 0.398 e. The molecule has 2 aromatic rings. The summed E-state index contributed by atoms with van der Waals surface area (Å²) in [7, 11) is 0. The molecule has 0 saturated carbocycles. The zero-order chi connectivity index (χ0) is 9.97. The molecule has 1 heterocycles. The van der Waals surface area contributed by atoms with Crippen molar-refractivity contribution in [3.05, 3.63) is 30.0 Å². The summed E-state index contributed by atoms with van der Waals surface area (Å²) in [4.78, 5) is 3.27. The van der Waals surface area contributed by atoms with Crippen LogP contribution in [0.4, 0.5) is 5.69 Å².